The van der Waals surface area contributed by atoms with Gasteiger partial charge in [-0.05, 0) is 36.0 Å². The van der Waals surface area contributed by atoms with Crippen LogP contribution in [0.1, 0.15) is 46.5 Å². The molecule has 0 aromatic carbocycles. The molecule has 0 heteroatoms. The molecule has 2 fully saturated rings. The van der Waals surface area contributed by atoms with E-state index in [2.05, 4.69) is 20.8 Å². The summed E-state index contributed by atoms with van der Waals surface area (Å²) in [5, 5.41) is 0. The highest BCUT2D eigenvalue weighted by molar-refractivity contribution is 4.91. The summed E-state index contributed by atoms with van der Waals surface area (Å²) in [6.45, 7) is 7.39. The average Bonchev–Trinajstić information content (AvgIpc) is 2.33. The Balaban J connectivity index is 2.01. The molecular formula is C12H22. The van der Waals surface area contributed by atoms with Crippen molar-refractivity contribution in [3.05, 3.63) is 0 Å². The largest absolute Gasteiger partial charge is 0.0622 e. The average molecular weight is 166 g/mol. The van der Waals surface area contributed by atoms with Crippen molar-refractivity contribution < 1.29 is 0 Å². The maximum absolute atomic E-state index is 2.47. The third-order valence-corrected chi connectivity index (χ3v) is 4.57. The third kappa shape index (κ3) is 1.20. The molecule has 2 aliphatic carbocycles. The Kier molecular flexibility index (Phi) is 2.18. The van der Waals surface area contributed by atoms with Crippen LogP contribution in [-0.4, -0.2) is 0 Å². The van der Waals surface area contributed by atoms with Gasteiger partial charge in [0, 0.05) is 0 Å². The lowest BCUT2D eigenvalue weighted by Crippen LogP contribution is -2.34. The molecule has 0 amide bonds. The van der Waals surface area contributed by atoms with E-state index in [9.17, 15) is 0 Å². The van der Waals surface area contributed by atoms with Crippen LogP contribution in [0.4, 0.5) is 0 Å². The zero-order valence-electron chi connectivity index (χ0n) is 8.72. The maximum atomic E-state index is 2.47. The molecule has 0 saturated heterocycles. The molecule has 2 aliphatic rings. The van der Waals surface area contributed by atoms with Crippen LogP contribution in [0.25, 0.3) is 0 Å². The van der Waals surface area contributed by atoms with E-state index in [4.69, 9.17) is 0 Å². The second-order valence-corrected chi connectivity index (χ2v) is 5.33. The molecule has 70 valence electrons. The smallest absolute Gasteiger partial charge is 0.0332 e. The minimum atomic E-state index is 1.02. The molecule has 2 rings (SSSR count). The van der Waals surface area contributed by atoms with Crippen LogP contribution in [0.3, 0.4) is 0 Å². The van der Waals surface area contributed by atoms with E-state index < -0.39 is 0 Å². The minimum Gasteiger partial charge on any atom is -0.0622 e. The Morgan fingerprint density at radius 3 is 1.50 bits per heavy atom. The van der Waals surface area contributed by atoms with Gasteiger partial charge in [-0.25, -0.2) is 0 Å². The van der Waals surface area contributed by atoms with Gasteiger partial charge in [-0.1, -0.05) is 40.0 Å². The van der Waals surface area contributed by atoms with Gasteiger partial charge in [0.1, 0.15) is 0 Å². The monoisotopic (exact) mass is 166 g/mol. The first kappa shape index (κ1) is 8.59. The number of hydrogen-bond acceptors (Lipinski definition) is 0. The van der Waals surface area contributed by atoms with Crippen molar-refractivity contribution in [2.45, 2.75) is 46.5 Å². The fourth-order valence-corrected chi connectivity index (χ4v) is 3.58. The predicted octanol–water partition coefficient (Wildman–Crippen LogP) is 3.71. The van der Waals surface area contributed by atoms with Gasteiger partial charge in [-0.2, -0.15) is 0 Å². The highest BCUT2D eigenvalue weighted by Gasteiger charge is 2.41. The molecule has 12 heavy (non-hydrogen) atoms. The molecule has 0 N–H and O–H groups in total. The highest BCUT2D eigenvalue weighted by Crippen LogP contribution is 2.50. The topological polar surface area (TPSA) is 0 Å². The summed E-state index contributed by atoms with van der Waals surface area (Å²) in [5.74, 6) is 5.25. The van der Waals surface area contributed by atoms with Gasteiger partial charge >= 0.3 is 0 Å². The Morgan fingerprint density at radius 2 is 1.17 bits per heavy atom. The van der Waals surface area contributed by atoms with Gasteiger partial charge < -0.3 is 0 Å². The van der Waals surface area contributed by atoms with Crippen LogP contribution >= 0.6 is 0 Å². The quantitative estimate of drug-likeness (QED) is 0.557. The third-order valence-electron chi connectivity index (χ3n) is 4.57. The normalized spacial score (nSPS) is 53.8. The van der Waals surface area contributed by atoms with Crippen LogP contribution in [0, 0.1) is 29.6 Å². The SMILES string of the molecule is CC1CCC1C1C(C)CCC1C. The standard InChI is InChI=1S/C12H22/c1-8-6-7-11(8)12-9(2)4-5-10(12)3/h8-12H,4-7H2,1-3H3. The van der Waals surface area contributed by atoms with E-state index in [-0.39, 0.29) is 0 Å². The minimum absolute atomic E-state index is 1.02. The van der Waals surface area contributed by atoms with E-state index in [1.165, 1.54) is 25.7 Å². The predicted molar refractivity (Wildman–Crippen MR) is 52.9 cm³/mol. The van der Waals surface area contributed by atoms with Crippen molar-refractivity contribution in [2.75, 3.05) is 0 Å². The van der Waals surface area contributed by atoms with E-state index in [1.807, 2.05) is 0 Å². The molecule has 0 nitrogen and oxygen atoms in total. The zero-order chi connectivity index (χ0) is 8.72. The Hall–Kier alpha value is 0. The molecule has 0 aliphatic heterocycles. The summed E-state index contributed by atoms with van der Waals surface area (Å²) < 4.78 is 0. The van der Waals surface area contributed by atoms with Crippen LogP contribution in [0.15, 0.2) is 0 Å². The summed E-state index contributed by atoms with van der Waals surface area (Å²) in [7, 11) is 0. The van der Waals surface area contributed by atoms with E-state index in [1.54, 1.807) is 0 Å². The van der Waals surface area contributed by atoms with Crippen molar-refractivity contribution >= 4 is 0 Å². The number of rotatable bonds is 1. The van der Waals surface area contributed by atoms with Gasteiger partial charge in [0.15, 0.2) is 0 Å². The lowest BCUT2D eigenvalue weighted by molar-refractivity contribution is 0.0743. The molecule has 0 spiro atoms. The van der Waals surface area contributed by atoms with Crippen LogP contribution in [0.2, 0.25) is 0 Å². The summed E-state index contributed by atoms with van der Waals surface area (Å²) in [4.78, 5) is 0. The summed E-state index contributed by atoms with van der Waals surface area (Å²) in [5.41, 5.74) is 0. The highest BCUT2D eigenvalue weighted by atomic mass is 14.5. The van der Waals surface area contributed by atoms with Crippen molar-refractivity contribution in [1.82, 2.24) is 0 Å². The fraction of sp³-hybridized carbons (Fsp3) is 1.00. The molecule has 0 aromatic rings. The molecule has 0 bridgehead atoms. The van der Waals surface area contributed by atoms with Gasteiger partial charge in [0.2, 0.25) is 0 Å². The van der Waals surface area contributed by atoms with Crippen LogP contribution in [-0.2, 0) is 0 Å². The van der Waals surface area contributed by atoms with Crippen molar-refractivity contribution in [2.24, 2.45) is 29.6 Å². The van der Waals surface area contributed by atoms with Crippen molar-refractivity contribution in [3.63, 3.8) is 0 Å². The van der Waals surface area contributed by atoms with E-state index >= 15 is 0 Å². The van der Waals surface area contributed by atoms with Gasteiger partial charge in [-0.15, -0.1) is 0 Å². The first-order chi connectivity index (χ1) is 5.70. The van der Waals surface area contributed by atoms with E-state index in [0.29, 0.717) is 0 Å². The van der Waals surface area contributed by atoms with Gasteiger partial charge in [0.05, 0.1) is 0 Å². The van der Waals surface area contributed by atoms with Crippen LogP contribution in [0.5, 0.6) is 0 Å². The second kappa shape index (κ2) is 3.05. The fourth-order valence-electron chi connectivity index (χ4n) is 3.58. The molecule has 4 unspecified atom stereocenters. The number of hydrogen-bond donors (Lipinski definition) is 0. The van der Waals surface area contributed by atoms with Crippen molar-refractivity contribution in [3.8, 4) is 0 Å². The Morgan fingerprint density at radius 1 is 0.667 bits per heavy atom. The van der Waals surface area contributed by atoms with Crippen molar-refractivity contribution in [1.29, 1.82) is 0 Å². The lowest BCUT2D eigenvalue weighted by atomic mass is 9.63. The lowest BCUT2D eigenvalue weighted by Gasteiger charge is -2.42. The summed E-state index contributed by atoms with van der Waals surface area (Å²) >= 11 is 0. The molecular weight excluding hydrogens is 144 g/mol. The van der Waals surface area contributed by atoms with Gasteiger partial charge in [0.25, 0.3) is 0 Å². The first-order valence-electron chi connectivity index (χ1n) is 5.70. The Labute approximate surface area is 76.7 Å². The second-order valence-electron chi connectivity index (χ2n) is 5.33. The summed E-state index contributed by atoms with van der Waals surface area (Å²) in [6, 6.07) is 0. The molecule has 0 aromatic heterocycles. The van der Waals surface area contributed by atoms with Gasteiger partial charge in [-0.3, -0.25) is 0 Å². The van der Waals surface area contributed by atoms with Crippen LogP contribution < -0.4 is 0 Å². The molecule has 2 saturated carbocycles. The van der Waals surface area contributed by atoms with E-state index in [0.717, 1.165) is 29.6 Å². The molecule has 4 atom stereocenters. The Bertz CT molecular complexity index is 151. The zero-order valence-corrected chi connectivity index (χ0v) is 8.72. The maximum Gasteiger partial charge on any atom is -0.0332 e. The summed E-state index contributed by atoms with van der Waals surface area (Å²) in [6.07, 6.45) is 6.02. The molecule has 0 heterocycles. The molecule has 0 radical (unpaired) electrons. The first-order valence-corrected chi connectivity index (χ1v) is 5.70.